The molecule has 0 aliphatic heterocycles. The fourth-order valence-corrected chi connectivity index (χ4v) is 3.56. The second-order valence-electron chi connectivity index (χ2n) is 6.29. The van der Waals surface area contributed by atoms with E-state index in [1.807, 2.05) is 0 Å². The third kappa shape index (κ3) is 2.68. The summed E-state index contributed by atoms with van der Waals surface area (Å²) < 4.78 is 35.9. The van der Waals surface area contributed by atoms with Crippen LogP contribution in [-0.4, -0.2) is 13.4 Å². The van der Waals surface area contributed by atoms with Gasteiger partial charge in [-0.25, -0.2) is 18.5 Å². The number of nitrogens with two attached hydrogens (primary N) is 1. The Hall–Kier alpha value is -2.31. The first-order valence-electron chi connectivity index (χ1n) is 7.58. The van der Waals surface area contributed by atoms with Gasteiger partial charge < -0.3 is 0 Å². The van der Waals surface area contributed by atoms with Crippen LogP contribution >= 0.6 is 0 Å². The molecule has 1 spiro atoms. The molecule has 2 aliphatic rings. The van der Waals surface area contributed by atoms with Crippen molar-refractivity contribution in [2.24, 2.45) is 10.6 Å². The zero-order valence-electron chi connectivity index (χ0n) is 12.7. The summed E-state index contributed by atoms with van der Waals surface area (Å²) in [6, 6.07) is 9.56. The molecule has 4 nitrogen and oxygen atoms in total. The van der Waals surface area contributed by atoms with Gasteiger partial charge in [0.15, 0.2) is 0 Å². The number of pyridine rings is 1. The molecule has 0 radical (unpaired) electrons. The maximum atomic E-state index is 13.1. The van der Waals surface area contributed by atoms with E-state index in [9.17, 15) is 12.8 Å². The molecule has 122 valence electrons. The highest BCUT2D eigenvalue weighted by atomic mass is 32.2. The second kappa shape index (κ2) is 5.09. The quantitative estimate of drug-likeness (QED) is 0.871. The first kappa shape index (κ1) is 15.2. The molecule has 24 heavy (non-hydrogen) atoms. The van der Waals surface area contributed by atoms with Crippen molar-refractivity contribution in [3.05, 3.63) is 71.8 Å². The van der Waals surface area contributed by atoms with Crippen molar-refractivity contribution >= 4 is 21.2 Å². The Bertz CT molecular complexity index is 971. The Morgan fingerprint density at radius 1 is 0.958 bits per heavy atom. The summed E-state index contributed by atoms with van der Waals surface area (Å²) in [5.74, 6) is -0.512. The first-order valence-corrected chi connectivity index (χ1v) is 9.12. The fraction of sp³-hybridized carbons (Fsp3) is 0.167. The molecule has 2 aromatic rings. The van der Waals surface area contributed by atoms with Crippen molar-refractivity contribution in [3.63, 3.8) is 0 Å². The Morgan fingerprint density at radius 2 is 1.54 bits per heavy atom. The van der Waals surface area contributed by atoms with E-state index in [0.717, 1.165) is 35.1 Å². The van der Waals surface area contributed by atoms with Crippen LogP contribution in [-0.2, 0) is 10.0 Å². The number of benzene rings is 1. The summed E-state index contributed by atoms with van der Waals surface area (Å²) in [5, 5.41) is 5.15. The molecule has 2 N–H and O–H groups in total. The minimum Gasteiger partial charge on any atom is -0.228 e. The van der Waals surface area contributed by atoms with Gasteiger partial charge in [-0.15, -0.1) is 0 Å². The summed E-state index contributed by atoms with van der Waals surface area (Å²) >= 11 is 0. The van der Waals surface area contributed by atoms with Gasteiger partial charge in [-0.1, -0.05) is 24.3 Å². The van der Waals surface area contributed by atoms with Crippen LogP contribution in [0.4, 0.5) is 4.39 Å². The summed E-state index contributed by atoms with van der Waals surface area (Å²) in [5.41, 5.74) is 3.85. The summed E-state index contributed by atoms with van der Waals surface area (Å²) in [6.45, 7) is 0. The predicted octanol–water partition coefficient (Wildman–Crippen LogP) is 3.13. The van der Waals surface area contributed by atoms with Gasteiger partial charge in [-0.05, 0) is 53.8 Å². The standard InChI is InChI=1S/C18H15FN2O2S/c19-17-6-3-13(11-21-17)16-10-18(7-8-18)9-15(16)12-1-4-14(5-2-12)24(20,22)23/h1-6,9-11H,7-8H2,(H2,20,22,23). The lowest BCUT2D eigenvalue weighted by Gasteiger charge is -2.10. The minimum atomic E-state index is -3.71. The highest BCUT2D eigenvalue weighted by Gasteiger charge is 2.43. The monoisotopic (exact) mass is 342 g/mol. The van der Waals surface area contributed by atoms with Crippen molar-refractivity contribution in [1.82, 2.24) is 4.98 Å². The van der Waals surface area contributed by atoms with Crippen LogP contribution in [0.25, 0.3) is 11.1 Å². The molecule has 4 rings (SSSR count). The van der Waals surface area contributed by atoms with Crippen LogP contribution in [0.2, 0.25) is 0 Å². The Kier molecular flexibility index (Phi) is 3.23. The van der Waals surface area contributed by atoms with Crippen LogP contribution < -0.4 is 5.14 Å². The number of primary sulfonamides is 1. The van der Waals surface area contributed by atoms with Crippen LogP contribution in [0, 0.1) is 11.4 Å². The molecule has 6 heteroatoms. The SMILES string of the molecule is NS(=O)(=O)c1ccc(C2=CC3(C=C2c2ccc(F)nc2)CC3)cc1. The maximum Gasteiger partial charge on any atom is 0.238 e. The van der Waals surface area contributed by atoms with Gasteiger partial charge in [0.05, 0.1) is 4.90 Å². The Labute approximate surface area is 139 Å². The highest BCUT2D eigenvalue weighted by Crippen LogP contribution is 2.57. The van der Waals surface area contributed by atoms with E-state index in [1.165, 1.54) is 24.4 Å². The lowest BCUT2D eigenvalue weighted by atomic mass is 9.96. The lowest BCUT2D eigenvalue weighted by Crippen LogP contribution is -2.11. The van der Waals surface area contributed by atoms with Crippen molar-refractivity contribution in [2.45, 2.75) is 17.7 Å². The molecule has 0 bridgehead atoms. The van der Waals surface area contributed by atoms with Gasteiger partial charge in [0.25, 0.3) is 0 Å². The third-order valence-electron chi connectivity index (χ3n) is 4.51. The van der Waals surface area contributed by atoms with Gasteiger partial charge >= 0.3 is 0 Å². The van der Waals surface area contributed by atoms with Gasteiger partial charge in [-0.2, -0.15) is 4.39 Å². The molecule has 1 aromatic heterocycles. The van der Waals surface area contributed by atoms with E-state index in [4.69, 9.17) is 5.14 Å². The van der Waals surface area contributed by atoms with Gasteiger partial charge in [-0.3, -0.25) is 0 Å². The zero-order chi connectivity index (χ0) is 16.9. The number of rotatable bonds is 3. The number of sulfonamides is 1. The molecule has 0 saturated heterocycles. The van der Waals surface area contributed by atoms with Crippen LogP contribution in [0.15, 0.2) is 59.6 Å². The Balaban J connectivity index is 1.76. The topological polar surface area (TPSA) is 73.1 Å². The number of allylic oxidation sites excluding steroid dienone is 4. The molecule has 1 saturated carbocycles. The fourth-order valence-electron chi connectivity index (χ4n) is 3.04. The van der Waals surface area contributed by atoms with Gasteiger partial charge in [0.1, 0.15) is 0 Å². The van der Waals surface area contributed by atoms with Crippen molar-refractivity contribution in [2.75, 3.05) is 0 Å². The predicted molar refractivity (Wildman–Crippen MR) is 89.6 cm³/mol. The normalized spacial score (nSPS) is 18.4. The molecule has 0 unspecified atom stereocenters. The van der Waals surface area contributed by atoms with Crippen molar-refractivity contribution in [1.29, 1.82) is 0 Å². The summed E-state index contributed by atoms with van der Waals surface area (Å²) in [7, 11) is -3.71. The molecule has 1 aromatic carbocycles. The molecule has 1 fully saturated rings. The summed E-state index contributed by atoms with van der Waals surface area (Å²) in [4.78, 5) is 3.82. The average molecular weight is 342 g/mol. The number of hydrogen-bond acceptors (Lipinski definition) is 3. The number of aromatic nitrogens is 1. The van der Waals surface area contributed by atoms with Crippen LogP contribution in [0.1, 0.15) is 24.0 Å². The molecule has 0 atom stereocenters. The van der Waals surface area contributed by atoms with Crippen molar-refractivity contribution < 1.29 is 12.8 Å². The smallest absolute Gasteiger partial charge is 0.228 e. The molecule has 0 amide bonds. The molecule has 2 aliphatic carbocycles. The van der Waals surface area contributed by atoms with E-state index in [2.05, 4.69) is 17.1 Å². The third-order valence-corrected chi connectivity index (χ3v) is 5.44. The lowest BCUT2D eigenvalue weighted by molar-refractivity contribution is 0.583. The number of nitrogens with zero attached hydrogens (tertiary/aromatic N) is 1. The highest BCUT2D eigenvalue weighted by molar-refractivity contribution is 7.89. The zero-order valence-corrected chi connectivity index (χ0v) is 13.6. The minimum absolute atomic E-state index is 0.0810. The average Bonchev–Trinajstić information content (AvgIpc) is 3.19. The van der Waals surface area contributed by atoms with E-state index in [-0.39, 0.29) is 10.3 Å². The number of halogens is 1. The molecular formula is C18H15FN2O2S. The summed E-state index contributed by atoms with van der Waals surface area (Å²) in [6.07, 6.45) is 8.10. The van der Waals surface area contributed by atoms with Crippen LogP contribution in [0.3, 0.4) is 0 Å². The van der Waals surface area contributed by atoms with Gasteiger partial charge in [0, 0.05) is 17.2 Å². The largest absolute Gasteiger partial charge is 0.238 e. The van der Waals surface area contributed by atoms with Gasteiger partial charge in [0.2, 0.25) is 16.0 Å². The van der Waals surface area contributed by atoms with Crippen LogP contribution in [0.5, 0.6) is 0 Å². The first-order chi connectivity index (χ1) is 11.4. The number of hydrogen-bond donors (Lipinski definition) is 1. The molecule has 1 heterocycles. The van der Waals surface area contributed by atoms with E-state index in [0.29, 0.717) is 0 Å². The van der Waals surface area contributed by atoms with E-state index < -0.39 is 16.0 Å². The Morgan fingerprint density at radius 3 is 2.04 bits per heavy atom. The van der Waals surface area contributed by atoms with E-state index >= 15 is 0 Å². The van der Waals surface area contributed by atoms with E-state index in [1.54, 1.807) is 18.2 Å². The second-order valence-corrected chi connectivity index (χ2v) is 7.85. The maximum absolute atomic E-state index is 13.1. The molecular weight excluding hydrogens is 327 g/mol. The van der Waals surface area contributed by atoms with Crippen molar-refractivity contribution in [3.8, 4) is 0 Å².